The van der Waals surface area contributed by atoms with Crippen LogP contribution in [0.3, 0.4) is 0 Å². The second-order valence-corrected chi connectivity index (χ2v) is 2.80. The van der Waals surface area contributed by atoms with Crippen molar-refractivity contribution in [3.8, 4) is 5.75 Å². The molecule has 0 amide bonds. The minimum Gasteiger partial charge on any atom is -0.423 e. The number of rotatable bonds is 2. The Balaban J connectivity index is 2.96. The first-order valence-electron chi connectivity index (χ1n) is 3.11. The molecule has 0 aliphatic heterocycles. The molecule has 0 fully saturated rings. The Morgan fingerprint density at radius 1 is 1.17 bits per heavy atom. The molecule has 0 aliphatic rings. The molecular weight excluding hydrogens is 179 g/mol. The van der Waals surface area contributed by atoms with Gasteiger partial charge in [-0.15, -0.1) is 0 Å². The van der Waals surface area contributed by atoms with Crippen LogP contribution >= 0.6 is 8.60 Å². The van der Waals surface area contributed by atoms with Crippen LogP contribution in [0.2, 0.25) is 0 Å². The van der Waals surface area contributed by atoms with E-state index in [4.69, 9.17) is 21.3 Å². The first-order valence-corrected chi connectivity index (χ1v) is 4.27. The lowest BCUT2D eigenvalue weighted by atomic mass is 10.2. The van der Waals surface area contributed by atoms with E-state index < -0.39 is 8.60 Å². The molecule has 0 atom stereocenters. The molecule has 1 aromatic rings. The summed E-state index contributed by atoms with van der Waals surface area (Å²) in [7, 11) is -2.47. The Morgan fingerprint density at radius 3 is 2.08 bits per heavy atom. The molecule has 1 aromatic carbocycles. The average Bonchev–Trinajstić information content (AvgIpc) is 1.97. The van der Waals surface area contributed by atoms with Gasteiger partial charge < -0.3 is 25.8 Å². The Bertz CT molecular complexity index is 259. The van der Waals surface area contributed by atoms with Crippen LogP contribution in [-0.4, -0.2) is 9.79 Å². The fraction of sp³-hybridized carbons (Fsp3) is 0. The summed E-state index contributed by atoms with van der Waals surface area (Å²) in [6.45, 7) is 0. The lowest BCUT2D eigenvalue weighted by Gasteiger charge is -2.09. The Hall–Kier alpha value is -1.03. The molecule has 0 radical (unpaired) electrons. The second-order valence-electron chi connectivity index (χ2n) is 2.11. The van der Waals surface area contributed by atoms with Crippen LogP contribution in [0.4, 0.5) is 11.4 Å². The van der Waals surface area contributed by atoms with E-state index in [9.17, 15) is 0 Å². The maximum atomic E-state index is 8.54. The zero-order chi connectivity index (χ0) is 9.14. The van der Waals surface area contributed by atoms with Gasteiger partial charge in [-0.1, -0.05) is 6.07 Å². The van der Waals surface area contributed by atoms with Crippen molar-refractivity contribution in [2.75, 3.05) is 11.5 Å². The number of hydrogen-bond donors (Lipinski definition) is 4. The van der Waals surface area contributed by atoms with E-state index in [0.717, 1.165) is 0 Å². The predicted molar refractivity (Wildman–Crippen MR) is 47.3 cm³/mol. The van der Waals surface area contributed by atoms with E-state index in [1.807, 2.05) is 0 Å². The fourth-order valence-electron chi connectivity index (χ4n) is 0.761. The van der Waals surface area contributed by atoms with Crippen molar-refractivity contribution in [2.45, 2.75) is 0 Å². The first kappa shape index (κ1) is 9.06. The summed E-state index contributed by atoms with van der Waals surface area (Å²) in [6, 6.07) is 4.77. The SMILES string of the molecule is Nc1cccc(N)c1OP(O)O. The summed E-state index contributed by atoms with van der Waals surface area (Å²) in [5, 5.41) is 0. The number of hydrogen-bond acceptors (Lipinski definition) is 5. The average molecular weight is 188 g/mol. The Labute approximate surface area is 70.6 Å². The summed E-state index contributed by atoms with van der Waals surface area (Å²) >= 11 is 0. The molecule has 0 aliphatic carbocycles. The molecule has 0 spiro atoms. The van der Waals surface area contributed by atoms with Crippen molar-refractivity contribution in [3.05, 3.63) is 18.2 Å². The lowest BCUT2D eigenvalue weighted by molar-refractivity contribution is 0.376. The molecule has 5 nitrogen and oxygen atoms in total. The van der Waals surface area contributed by atoms with Gasteiger partial charge in [-0.25, -0.2) is 0 Å². The Morgan fingerprint density at radius 2 is 1.67 bits per heavy atom. The minimum atomic E-state index is -2.47. The number of benzene rings is 1. The van der Waals surface area contributed by atoms with E-state index in [0.29, 0.717) is 0 Å². The molecule has 1 rings (SSSR count). The van der Waals surface area contributed by atoms with Gasteiger partial charge in [0.05, 0.1) is 11.4 Å². The maximum absolute atomic E-state index is 8.54. The van der Waals surface area contributed by atoms with Crippen LogP contribution in [0, 0.1) is 0 Å². The zero-order valence-electron chi connectivity index (χ0n) is 6.14. The van der Waals surface area contributed by atoms with Crippen molar-refractivity contribution < 1.29 is 14.3 Å². The van der Waals surface area contributed by atoms with Crippen molar-refractivity contribution >= 4 is 20.0 Å². The van der Waals surface area contributed by atoms with Gasteiger partial charge in [0.2, 0.25) is 0 Å². The van der Waals surface area contributed by atoms with Crippen LogP contribution in [0.15, 0.2) is 18.2 Å². The van der Waals surface area contributed by atoms with E-state index in [1.165, 1.54) is 0 Å². The molecule has 0 heterocycles. The Kier molecular flexibility index (Phi) is 2.70. The standard InChI is InChI=1S/C6H9N2O3P/c7-4-2-1-3-5(8)6(4)11-12(9)10/h1-3,9-10H,7-8H2. The van der Waals surface area contributed by atoms with E-state index in [1.54, 1.807) is 18.2 Å². The molecular formula is C6H9N2O3P. The zero-order valence-corrected chi connectivity index (χ0v) is 7.03. The lowest BCUT2D eigenvalue weighted by Crippen LogP contribution is -1.97. The summed E-state index contributed by atoms with van der Waals surface area (Å²) in [6.07, 6.45) is 0. The number of anilines is 2. The molecule has 66 valence electrons. The highest BCUT2D eigenvalue weighted by atomic mass is 31.2. The van der Waals surface area contributed by atoms with E-state index in [-0.39, 0.29) is 17.1 Å². The van der Waals surface area contributed by atoms with E-state index >= 15 is 0 Å². The molecule has 12 heavy (non-hydrogen) atoms. The quantitative estimate of drug-likeness (QED) is 0.398. The second kappa shape index (κ2) is 3.58. The van der Waals surface area contributed by atoms with Crippen molar-refractivity contribution in [3.63, 3.8) is 0 Å². The smallest absolute Gasteiger partial charge is 0.391 e. The third-order valence-corrected chi connectivity index (χ3v) is 1.59. The van der Waals surface area contributed by atoms with E-state index in [2.05, 4.69) is 4.52 Å². The van der Waals surface area contributed by atoms with Crippen LogP contribution in [-0.2, 0) is 0 Å². The third-order valence-electron chi connectivity index (χ3n) is 1.25. The van der Waals surface area contributed by atoms with Gasteiger partial charge >= 0.3 is 8.60 Å². The van der Waals surface area contributed by atoms with Crippen molar-refractivity contribution in [1.29, 1.82) is 0 Å². The topological polar surface area (TPSA) is 102 Å². The monoisotopic (exact) mass is 188 g/mol. The van der Waals surface area contributed by atoms with Crippen LogP contribution in [0.5, 0.6) is 5.75 Å². The normalized spacial score (nSPS) is 10.2. The minimum absolute atomic E-state index is 0.119. The maximum Gasteiger partial charge on any atom is 0.391 e. The fourth-order valence-corrected chi connectivity index (χ4v) is 1.13. The summed E-state index contributed by atoms with van der Waals surface area (Å²) in [4.78, 5) is 17.1. The highest BCUT2D eigenvalue weighted by Gasteiger charge is 2.09. The summed E-state index contributed by atoms with van der Waals surface area (Å²) in [5.74, 6) is 0.119. The molecule has 0 aromatic heterocycles. The molecule has 0 bridgehead atoms. The van der Waals surface area contributed by atoms with Gasteiger partial charge in [0.15, 0.2) is 5.75 Å². The summed E-state index contributed by atoms with van der Waals surface area (Å²) in [5.41, 5.74) is 11.5. The molecule has 6 N–H and O–H groups in total. The van der Waals surface area contributed by atoms with Crippen LogP contribution in [0.1, 0.15) is 0 Å². The third kappa shape index (κ3) is 1.98. The molecule has 6 heteroatoms. The highest BCUT2D eigenvalue weighted by Crippen LogP contribution is 2.37. The summed E-state index contributed by atoms with van der Waals surface area (Å²) < 4.78 is 4.60. The largest absolute Gasteiger partial charge is 0.423 e. The number of para-hydroxylation sites is 1. The van der Waals surface area contributed by atoms with Crippen LogP contribution in [0.25, 0.3) is 0 Å². The highest BCUT2D eigenvalue weighted by molar-refractivity contribution is 7.39. The number of nitrogens with two attached hydrogens (primary N) is 2. The van der Waals surface area contributed by atoms with Crippen molar-refractivity contribution in [2.24, 2.45) is 0 Å². The van der Waals surface area contributed by atoms with Gasteiger partial charge in [0, 0.05) is 0 Å². The predicted octanol–water partition coefficient (Wildman–Crippen LogP) is 0.441. The van der Waals surface area contributed by atoms with Gasteiger partial charge in [-0.05, 0) is 12.1 Å². The first-order chi connectivity index (χ1) is 5.61. The molecule has 0 saturated heterocycles. The van der Waals surface area contributed by atoms with Gasteiger partial charge in [-0.2, -0.15) is 0 Å². The molecule has 0 unspecified atom stereocenters. The van der Waals surface area contributed by atoms with Crippen LogP contribution < -0.4 is 16.0 Å². The molecule has 0 saturated carbocycles. The van der Waals surface area contributed by atoms with Crippen molar-refractivity contribution in [1.82, 2.24) is 0 Å². The number of nitrogen functional groups attached to an aromatic ring is 2. The van der Waals surface area contributed by atoms with Gasteiger partial charge in [0.25, 0.3) is 0 Å². The van der Waals surface area contributed by atoms with Gasteiger partial charge in [0.1, 0.15) is 0 Å². The van der Waals surface area contributed by atoms with Gasteiger partial charge in [-0.3, -0.25) is 0 Å².